The lowest BCUT2D eigenvalue weighted by Gasteiger charge is -2.26. The van der Waals surface area contributed by atoms with Crippen LogP contribution in [0.1, 0.15) is 36.4 Å². The highest BCUT2D eigenvalue weighted by molar-refractivity contribution is 6.30. The number of hydrogen-bond donors (Lipinski definition) is 1. The lowest BCUT2D eigenvalue weighted by molar-refractivity contribution is -0.0280. The van der Waals surface area contributed by atoms with Crippen LogP contribution in [-0.4, -0.2) is 64.0 Å². The maximum absolute atomic E-state index is 15.3. The van der Waals surface area contributed by atoms with E-state index in [-0.39, 0.29) is 17.3 Å². The molecule has 1 aliphatic rings. The van der Waals surface area contributed by atoms with Crippen molar-refractivity contribution in [2.45, 2.75) is 25.7 Å². The molecule has 3 heterocycles. The molecule has 5 aromatic rings. The first-order valence-electron chi connectivity index (χ1n) is 15.2. The molecule has 0 atom stereocenters. The molecule has 1 saturated heterocycles. The van der Waals surface area contributed by atoms with Gasteiger partial charge in [-0.05, 0) is 85.8 Å². The second-order valence-electron chi connectivity index (χ2n) is 10.9. The van der Waals surface area contributed by atoms with E-state index in [4.69, 9.17) is 35.0 Å². The van der Waals surface area contributed by atoms with E-state index in [2.05, 4.69) is 20.3 Å². The van der Waals surface area contributed by atoms with Crippen LogP contribution in [-0.2, 0) is 7.05 Å². The number of carbonyl (C=O) groups excluding carboxylic acids is 1. The zero-order valence-electron chi connectivity index (χ0n) is 25.9. The molecule has 14 heteroatoms. The number of carbonyl (C=O) groups is 1. The predicted molar refractivity (Wildman–Crippen MR) is 173 cm³/mol. The van der Waals surface area contributed by atoms with Crippen LogP contribution in [0.3, 0.4) is 0 Å². The Labute approximate surface area is 274 Å². The molecule has 2 aromatic heterocycles. The lowest BCUT2D eigenvalue weighted by Crippen LogP contribution is -2.31. The number of aromatic nitrogens is 4. The number of anilines is 1. The number of piperidine rings is 1. The van der Waals surface area contributed by atoms with E-state index < -0.39 is 11.7 Å². The number of nitrogens with zero attached hydrogens (tertiary/aromatic N) is 5. The van der Waals surface area contributed by atoms with Gasteiger partial charge in [-0.3, -0.25) is 9.78 Å². The van der Waals surface area contributed by atoms with Crippen LogP contribution in [0.4, 0.5) is 10.1 Å². The van der Waals surface area contributed by atoms with Crippen molar-refractivity contribution in [3.05, 3.63) is 83.6 Å². The summed E-state index contributed by atoms with van der Waals surface area (Å²) in [4.78, 5) is 21.9. The van der Waals surface area contributed by atoms with E-state index in [0.717, 1.165) is 41.9 Å². The molecular weight excluding hydrogens is 631 g/mol. The van der Waals surface area contributed by atoms with Crippen molar-refractivity contribution in [1.29, 1.82) is 0 Å². The van der Waals surface area contributed by atoms with Crippen molar-refractivity contribution in [2.75, 3.05) is 38.7 Å². The summed E-state index contributed by atoms with van der Waals surface area (Å²) in [6.45, 7) is 3.84. The minimum atomic E-state index is -0.732. The van der Waals surface area contributed by atoms with Gasteiger partial charge in [0.15, 0.2) is 23.1 Å². The Morgan fingerprint density at radius 2 is 1.81 bits per heavy atom. The maximum atomic E-state index is 15.3. The summed E-state index contributed by atoms with van der Waals surface area (Å²) in [5.41, 5.74) is 1.26. The van der Waals surface area contributed by atoms with Crippen LogP contribution in [0.25, 0.3) is 16.6 Å². The topological polar surface area (TPSA) is 122 Å². The van der Waals surface area contributed by atoms with E-state index in [9.17, 15) is 4.79 Å². The number of ether oxygens (including phenoxy) is 3. The highest BCUT2D eigenvalue weighted by Gasteiger charge is 2.18. The third-order valence-corrected chi connectivity index (χ3v) is 7.80. The monoisotopic (exact) mass is 664 g/mol. The third-order valence-electron chi connectivity index (χ3n) is 7.55. The number of aryl methyl sites for hydroxylation is 1. The predicted octanol–water partition coefficient (Wildman–Crippen LogP) is 7.17. The number of nitrogens with one attached hydrogen (secondary N) is 1. The number of benzene rings is 3. The Morgan fingerprint density at radius 1 is 1.00 bits per heavy atom. The summed E-state index contributed by atoms with van der Waals surface area (Å²) in [5, 5.41) is 7.79. The first-order valence-corrected chi connectivity index (χ1v) is 15.6. The third kappa shape index (κ3) is 7.87. The average Bonchev–Trinajstić information content (AvgIpc) is 3.08. The fourth-order valence-corrected chi connectivity index (χ4v) is 5.36. The zero-order valence-corrected chi connectivity index (χ0v) is 26.7. The summed E-state index contributed by atoms with van der Waals surface area (Å²) in [6.07, 6.45) is 6.30. The Balaban J connectivity index is 1.14. The molecule has 0 radical (unpaired) electrons. The molecule has 6 rings (SSSR count). The van der Waals surface area contributed by atoms with Gasteiger partial charge in [0.2, 0.25) is 0 Å². The second kappa shape index (κ2) is 14.6. The molecule has 47 heavy (non-hydrogen) atoms. The van der Waals surface area contributed by atoms with Gasteiger partial charge in [-0.25, -0.2) is 9.02 Å². The maximum Gasteiger partial charge on any atom is 0.335 e. The van der Waals surface area contributed by atoms with Crippen molar-refractivity contribution >= 4 is 34.1 Å². The van der Waals surface area contributed by atoms with Gasteiger partial charge in [-0.2, -0.15) is 0 Å². The van der Waals surface area contributed by atoms with Crippen molar-refractivity contribution in [3.8, 4) is 28.7 Å². The van der Waals surface area contributed by atoms with Gasteiger partial charge in [0.25, 0.3) is 0 Å². The van der Waals surface area contributed by atoms with E-state index in [1.807, 2.05) is 0 Å². The number of methoxy groups -OCH3 is 1. The fourth-order valence-electron chi connectivity index (χ4n) is 5.23. The van der Waals surface area contributed by atoms with Gasteiger partial charge in [-0.15, -0.1) is 0 Å². The number of amides is 1. The van der Waals surface area contributed by atoms with Gasteiger partial charge >= 0.3 is 11.8 Å². The number of halogens is 2. The van der Waals surface area contributed by atoms with E-state index in [0.29, 0.717) is 45.5 Å². The summed E-state index contributed by atoms with van der Waals surface area (Å²) in [6, 6.07) is 15.8. The molecule has 0 spiro atoms. The normalized spacial score (nSPS) is 13.4. The van der Waals surface area contributed by atoms with Crippen LogP contribution in [0.15, 0.2) is 76.0 Å². The number of fused-ring (bicyclic) bond motifs is 1. The van der Waals surface area contributed by atoms with Crippen LogP contribution in [0.5, 0.6) is 23.0 Å². The number of hydrogen-bond acceptors (Lipinski definition) is 9. The standard InChI is InChI=1S/C33H34ClFN6O6/c1-39-46-33(38-41(47-39)24-10-7-22(34)8-11-24)32(42)37-23-9-12-29(26(35)19-23)45-28-13-14-36-27-21-31(30(43-2)20-25(27)28)44-18-6-17-40-15-4-3-5-16-40/h7-14,19-21H,3-6,15-18H2,1-2H3,(H,37,42). The molecule has 0 bridgehead atoms. The van der Waals surface area contributed by atoms with Crippen molar-refractivity contribution < 1.29 is 32.5 Å². The van der Waals surface area contributed by atoms with Gasteiger partial charge in [0, 0.05) is 41.0 Å². The molecule has 0 unspecified atom stereocenters. The minimum Gasteiger partial charge on any atom is -0.493 e. The van der Waals surface area contributed by atoms with Crippen LogP contribution >= 0.6 is 11.6 Å². The van der Waals surface area contributed by atoms with Gasteiger partial charge in [0.05, 0.1) is 26.3 Å². The molecule has 12 nitrogen and oxygen atoms in total. The second-order valence-corrected chi connectivity index (χ2v) is 11.3. The summed E-state index contributed by atoms with van der Waals surface area (Å²) >= 11 is 5.95. The molecule has 1 fully saturated rings. The molecular formula is C33H34ClFN6O6. The number of pyridine rings is 1. The number of likely N-dealkylation sites (tertiary alicyclic amines) is 1. The Morgan fingerprint density at radius 3 is 2.57 bits per heavy atom. The van der Waals surface area contributed by atoms with Crippen molar-refractivity contribution in [3.63, 3.8) is 0 Å². The smallest absolute Gasteiger partial charge is 0.335 e. The highest BCUT2D eigenvalue weighted by Crippen LogP contribution is 2.38. The molecule has 1 aliphatic heterocycles. The Kier molecular flexibility index (Phi) is 9.93. The van der Waals surface area contributed by atoms with E-state index in [1.54, 1.807) is 55.8 Å². The van der Waals surface area contributed by atoms with E-state index >= 15 is 4.39 Å². The van der Waals surface area contributed by atoms with E-state index in [1.165, 1.54) is 38.4 Å². The minimum absolute atomic E-state index is 0.0548. The molecule has 3 aromatic carbocycles. The van der Waals surface area contributed by atoms with Gasteiger partial charge in [0.1, 0.15) is 11.4 Å². The molecule has 246 valence electrons. The highest BCUT2D eigenvalue weighted by atomic mass is 35.5. The SMILES string of the molecule is COc1cc2c(Oc3ccc(NC(=O)c4nn(-c5ccc(Cl)cc5)on(C)o4)cc3F)ccnc2cc1OCCCN1CCCCC1. The Bertz CT molecular complexity index is 1890. The molecule has 1 N–H and O–H groups in total. The zero-order chi connectivity index (χ0) is 32.8. The summed E-state index contributed by atoms with van der Waals surface area (Å²) in [7, 11) is 3.01. The van der Waals surface area contributed by atoms with Crippen molar-refractivity contribution in [1.82, 2.24) is 24.7 Å². The average molecular weight is 665 g/mol. The Hall–Kier alpha value is -5.01. The first kappa shape index (κ1) is 32.0. The molecule has 0 saturated carbocycles. The summed E-state index contributed by atoms with van der Waals surface area (Å²) in [5.74, 6) is -0.360. The first-order chi connectivity index (χ1) is 22.9. The molecule has 1 amide bonds. The largest absolute Gasteiger partial charge is 0.493 e. The van der Waals surface area contributed by atoms with Crippen LogP contribution in [0, 0.1) is 5.82 Å². The molecule has 0 aliphatic carbocycles. The lowest BCUT2D eigenvalue weighted by atomic mass is 10.1. The quantitative estimate of drug-likeness (QED) is 0.146. The van der Waals surface area contributed by atoms with Gasteiger partial charge < -0.3 is 29.0 Å². The number of rotatable bonds is 11. The fraction of sp³-hybridized carbons (Fsp3) is 0.303. The van der Waals surface area contributed by atoms with Gasteiger partial charge in [-0.1, -0.05) is 28.0 Å². The van der Waals surface area contributed by atoms with Crippen LogP contribution in [0.2, 0.25) is 5.02 Å². The summed E-state index contributed by atoms with van der Waals surface area (Å²) < 4.78 is 43.6. The van der Waals surface area contributed by atoms with Crippen LogP contribution < -0.4 is 19.5 Å². The van der Waals surface area contributed by atoms with Crippen molar-refractivity contribution in [2.24, 2.45) is 7.05 Å².